The third-order valence-electron chi connectivity index (χ3n) is 3.31. The molecule has 0 saturated heterocycles. The Labute approximate surface area is 89.9 Å². The fourth-order valence-electron chi connectivity index (χ4n) is 2.53. The maximum Gasteiger partial charge on any atom is 0.166 e. The Bertz CT molecular complexity index is 433. The summed E-state index contributed by atoms with van der Waals surface area (Å²) in [6.45, 7) is 5.97. The first-order valence-corrected chi connectivity index (χ1v) is 5.38. The molecule has 1 aromatic carbocycles. The maximum absolute atomic E-state index is 11.8. The number of fused-ring (bicyclic) bond motifs is 1. The Balaban J connectivity index is 2.76. The van der Waals surface area contributed by atoms with Gasteiger partial charge in [-0.05, 0) is 42.9 Å². The SMILES string of the molecule is Cc1cc(C)c2c(c1O)C(=O)CCC2C. The Morgan fingerprint density at radius 1 is 1.33 bits per heavy atom. The molecule has 0 fully saturated rings. The molecule has 1 aromatic rings. The molecule has 0 saturated carbocycles. The highest BCUT2D eigenvalue weighted by molar-refractivity contribution is 6.02. The van der Waals surface area contributed by atoms with Gasteiger partial charge in [0.1, 0.15) is 5.75 Å². The highest BCUT2D eigenvalue weighted by Crippen LogP contribution is 2.39. The molecule has 0 amide bonds. The molecule has 0 heterocycles. The monoisotopic (exact) mass is 204 g/mol. The van der Waals surface area contributed by atoms with E-state index < -0.39 is 0 Å². The molecule has 2 nitrogen and oxygen atoms in total. The molecule has 0 radical (unpaired) electrons. The van der Waals surface area contributed by atoms with Crippen LogP contribution in [0.4, 0.5) is 0 Å². The van der Waals surface area contributed by atoms with Gasteiger partial charge in [-0.2, -0.15) is 0 Å². The van der Waals surface area contributed by atoms with Gasteiger partial charge in [0.05, 0.1) is 5.56 Å². The summed E-state index contributed by atoms with van der Waals surface area (Å²) < 4.78 is 0. The molecule has 80 valence electrons. The van der Waals surface area contributed by atoms with Crippen molar-refractivity contribution in [1.82, 2.24) is 0 Å². The van der Waals surface area contributed by atoms with Crippen molar-refractivity contribution in [2.24, 2.45) is 0 Å². The first-order chi connectivity index (χ1) is 7.02. The normalized spacial score (nSPS) is 20.2. The summed E-state index contributed by atoms with van der Waals surface area (Å²) >= 11 is 0. The lowest BCUT2D eigenvalue weighted by atomic mass is 9.79. The van der Waals surface area contributed by atoms with Crippen LogP contribution in [-0.4, -0.2) is 10.9 Å². The largest absolute Gasteiger partial charge is 0.507 e. The average molecular weight is 204 g/mol. The minimum Gasteiger partial charge on any atom is -0.507 e. The van der Waals surface area contributed by atoms with E-state index in [0.29, 0.717) is 17.9 Å². The van der Waals surface area contributed by atoms with E-state index in [1.165, 1.54) is 0 Å². The number of carbonyl (C=O) groups is 1. The summed E-state index contributed by atoms with van der Waals surface area (Å²) in [4.78, 5) is 11.8. The molecular formula is C13H16O2. The van der Waals surface area contributed by atoms with Gasteiger partial charge >= 0.3 is 0 Å². The van der Waals surface area contributed by atoms with Crippen molar-refractivity contribution >= 4 is 5.78 Å². The van der Waals surface area contributed by atoms with Gasteiger partial charge in [0.2, 0.25) is 0 Å². The van der Waals surface area contributed by atoms with Crippen molar-refractivity contribution in [2.75, 3.05) is 0 Å². The van der Waals surface area contributed by atoms with Crippen LogP contribution in [0.1, 0.15) is 52.7 Å². The highest BCUT2D eigenvalue weighted by atomic mass is 16.3. The number of carbonyl (C=O) groups excluding carboxylic acids is 1. The minimum atomic E-state index is 0.0902. The average Bonchev–Trinajstić information content (AvgIpc) is 2.18. The second-order valence-electron chi connectivity index (χ2n) is 4.51. The van der Waals surface area contributed by atoms with Crippen LogP contribution in [0, 0.1) is 13.8 Å². The molecule has 0 bridgehead atoms. The lowest BCUT2D eigenvalue weighted by Crippen LogP contribution is -2.16. The number of benzene rings is 1. The van der Waals surface area contributed by atoms with Crippen molar-refractivity contribution in [3.05, 3.63) is 28.3 Å². The van der Waals surface area contributed by atoms with Crippen LogP contribution in [0.15, 0.2) is 6.07 Å². The second kappa shape index (κ2) is 3.37. The predicted molar refractivity (Wildman–Crippen MR) is 59.6 cm³/mol. The van der Waals surface area contributed by atoms with Gasteiger partial charge < -0.3 is 5.11 Å². The first kappa shape index (κ1) is 10.2. The summed E-state index contributed by atoms with van der Waals surface area (Å²) in [5.41, 5.74) is 3.55. The first-order valence-electron chi connectivity index (χ1n) is 5.38. The molecule has 1 unspecified atom stereocenters. The highest BCUT2D eigenvalue weighted by Gasteiger charge is 2.27. The van der Waals surface area contributed by atoms with E-state index in [4.69, 9.17) is 0 Å². The molecule has 0 aromatic heterocycles. The third kappa shape index (κ3) is 1.44. The molecule has 0 aliphatic heterocycles. The Morgan fingerprint density at radius 2 is 2.00 bits per heavy atom. The van der Waals surface area contributed by atoms with Gasteiger partial charge in [-0.25, -0.2) is 0 Å². The number of phenols is 1. The summed E-state index contributed by atoms with van der Waals surface area (Å²) in [6, 6.07) is 1.96. The van der Waals surface area contributed by atoms with E-state index in [1.807, 2.05) is 19.9 Å². The summed E-state index contributed by atoms with van der Waals surface area (Å²) in [5.74, 6) is 0.656. The summed E-state index contributed by atoms with van der Waals surface area (Å²) in [7, 11) is 0. The molecule has 1 atom stereocenters. The van der Waals surface area contributed by atoms with E-state index >= 15 is 0 Å². The summed E-state index contributed by atoms with van der Waals surface area (Å²) in [5, 5.41) is 9.94. The van der Waals surface area contributed by atoms with Crippen molar-refractivity contribution in [1.29, 1.82) is 0 Å². The number of ketones is 1. The Kier molecular flexibility index (Phi) is 2.29. The number of Topliss-reactive ketones (excluding diaryl/α,β-unsaturated/α-hetero) is 1. The van der Waals surface area contributed by atoms with Gasteiger partial charge in [-0.15, -0.1) is 0 Å². The zero-order valence-electron chi connectivity index (χ0n) is 9.42. The van der Waals surface area contributed by atoms with Gasteiger partial charge in [0, 0.05) is 6.42 Å². The topological polar surface area (TPSA) is 37.3 Å². The van der Waals surface area contributed by atoms with Crippen molar-refractivity contribution in [2.45, 2.75) is 39.5 Å². The number of aryl methyl sites for hydroxylation is 2. The lowest BCUT2D eigenvalue weighted by Gasteiger charge is -2.25. The van der Waals surface area contributed by atoms with Crippen LogP contribution in [0.3, 0.4) is 0 Å². The zero-order valence-corrected chi connectivity index (χ0v) is 9.42. The number of hydrogen-bond acceptors (Lipinski definition) is 2. The fourth-order valence-corrected chi connectivity index (χ4v) is 2.53. The number of phenolic OH excluding ortho intramolecular Hbond substituents is 1. The summed E-state index contributed by atoms with van der Waals surface area (Å²) in [6.07, 6.45) is 1.46. The number of hydrogen-bond donors (Lipinski definition) is 1. The predicted octanol–water partition coefficient (Wildman–Crippen LogP) is 3.09. The van der Waals surface area contributed by atoms with Crippen LogP contribution in [0.25, 0.3) is 0 Å². The van der Waals surface area contributed by atoms with Crippen molar-refractivity contribution in [3.8, 4) is 5.75 Å². The van der Waals surface area contributed by atoms with Crippen LogP contribution in [0.2, 0.25) is 0 Å². The van der Waals surface area contributed by atoms with E-state index in [2.05, 4.69) is 6.92 Å². The molecule has 2 rings (SSSR count). The molecule has 0 spiro atoms. The third-order valence-corrected chi connectivity index (χ3v) is 3.31. The number of rotatable bonds is 0. The maximum atomic E-state index is 11.8. The van der Waals surface area contributed by atoms with Crippen molar-refractivity contribution in [3.63, 3.8) is 0 Å². The minimum absolute atomic E-state index is 0.0902. The number of aromatic hydroxyl groups is 1. The van der Waals surface area contributed by atoms with Crippen LogP contribution in [-0.2, 0) is 0 Å². The Morgan fingerprint density at radius 3 is 2.67 bits per heavy atom. The quantitative estimate of drug-likeness (QED) is 0.705. The molecule has 15 heavy (non-hydrogen) atoms. The Hall–Kier alpha value is -1.31. The van der Waals surface area contributed by atoms with Crippen LogP contribution >= 0.6 is 0 Å². The molecule has 1 N–H and O–H groups in total. The molecular weight excluding hydrogens is 188 g/mol. The van der Waals surface area contributed by atoms with Gasteiger partial charge in [-0.1, -0.05) is 13.0 Å². The van der Waals surface area contributed by atoms with Gasteiger partial charge in [0.15, 0.2) is 5.78 Å². The van der Waals surface area contributed by atoms with Gasteiger partial charge in [0.25, 0.3) is 0 Å². The van der Waals surface area contributed by atoms with E-state index in [1.54, 1.807) is 0 Å². The van der Waals surface area contributed by atoms with Crippen LogP contribution in [0.5, 0.6) is 5.75 Å². The molecule has 1 aliphatic carbocycles. The van der Waals surface area contributed by atoms with Crippen LogP contribution < -0.4 is 0 Å². The fraction of sp³-hybridized carbons (Fsp3) is 0.462. The molecule has 1 aliphatic rings. The van der Waals surface area contributed by atoms with Gasteiger partial charge in [-0.3, -0.25) is 4.79 Å². The smallest absolute Gasteiger partial charge is 0.166 e. The zero-order chi connectivity index (χ0) is 11.2. The standard InChI is InChI=1S/C13H16O2/c1-7-4-5-10(14)12-11(7)8(2)6-9(3)13(12)15/h6-7,15H,4-5H2,1-3H3. The van der Waals surface area contributed by atoms with E-state index in [0.717, 1.165) is 23.1 Å². The van der Waals surface area contributed by atoms with E-state index in [-0.39, 0.29) is 11.5 Å². The van der Waals surface area contributed by atoms with Crippen molar-refractivity contribution < 1.29 is 9.90 Å². The lowest BCUT2D eigenvalue weighted by molar-refractivity contribution is 0.0964. The second-order valence-corrected chi connectivity index (χ2v) is 4.51. The van der Waals surface area contributed by atoms with E-state index in [9.17, 15) is 9.90 Å². The molecule has 2 heteroatoms.